The van der Waals surface area contributed by atoms with Crippen molar-refractivity contribution in [3.63, 3.8) is 0 Å². The number of nitrogens with one attached hydrogen (secondary N) is 2. The lowest BCUT2D eigenvalue weighted by atomic mass is 10.1. The van der Waals surface area contributed by atoms with Gasteiger partial charge in [0, 0.05) is 22.8 Å². The molecule has 0 spiro atoms. The second kappa shape index (κ2) is 6.92. The average molecular weight is 333 g/mol. The van der Waals surface area contributed by atoms with Crippen molar-refractivity contribution in [2.45, 2.75) is 6.92 Å². The predicted octanol–water partition coefficient (Wildman–Crippen LogP) is 3.01. The van der Waals surface area contributed by atoms with Crippen molar-refractivity contribution in [2.24, 2.45) is 0 Å². The number of fused-ring (bicyclic) bond motifs is 1. The largest absolute Gasteiger partial charge is 0.318 e. The Kier molecular flexibility index (Phi) is 4.52. The summed E-state index contributed by atoms with van der Waals surface area (Å²) in [7, 11) is 0. The molecule has 1 aromatic heterocycles. The molecule has 124 valence electrons. The van der Waals surface area contributed by atoms with Crippen molar-refractivity contribution in [2.75, 3.05) is 10.6 Å². The number of carbonyl (C=O) groups is 3. The number of amides is 2. The molecule has 2 N–H and O–H groups in total. The van der Waals surface area contributed by atoms with E-state index < -0.39 is 11.8 Å². The van der Waals surface area contributed by atoms with Crippen LogP contribution in [0.1, 0.15) is 17.3 Å². The van der Waals surface area contributed by atoms with Crippen LogP contribution in [0.2, 0.25) is 0 Å². The summed E-state index contributed by atoms with van der Waals surface area (Å²) in [6, 6.07) is 15.4. The first-order valence-corrected chi connectivity index (χ1v) is 7.61. The van der Waals surface area contributed by atoms with Crippen molar-refractivity contribution in [1.29, 1.82) is 0 Å². The van der Waals surface area contributed by atoms with E-state index in [9.17, 15) is 14.4 Å². The van der Waals surface area contributed by atoms with Crippen LogP contribution in [0.3, 0.4) is 0 Å². The normalized spacial score (nSPS) is 10.3. The molecule has 0 aliphatic heterocycles. The fourth-order valence-electron chi connectivity index (χ4n) is 2.39. The Morgan fingerprint density at radius 1 is 0.880 bits per heavy atom. The summed E-state index contributed by atoms with van der Waals surface area (Å²) in [4.78, 5) is 39.9. The monoisotopic (exact) mass is 333 g/mol. The lowest BCUT2D eigenvalue weighted by Crippen LogP contribution is -2.29. The summed E-state index contributed by atoms with van der Waals surface area (Å²) in [5, 5.41) is 5.90. The van der Waals surface area contributed by atoms with Gasteiger partial charge in [-0.2, -0.15) is 0 Å². The molecule has 0 radical (unpaired) electrons. The highest BCUT2D eigenvalue weighted by atomic mass is 16.2. The van der Waals surface area contributed by atoms with Crippen LogP contribution in [0.15, 0.2) is 60.8 Å². The number of benzene rings is 2. The number of anilines is 2. The van der Waals surface area contributed by atoms with Gasteiger partial charge in [0.05, 0.1) is 11.2 Å². The van der Waals surface area contributed by atoms with Gasteiger partial charge in [-0.25, -0.2) is 0 Å². The van der Waals surface area contributed by atoms with Gasteiger partial charge in [-0.1, -0.05) is 30.3 Å². The van der Waals surface area contributed by atoms with Gasteiger partial charge in [0.25, 0.3) is 0 Å². The molecule has 0 bridgehead atoms. The van der Waals surface area contributed by atoms with Crippen LogP contribution in [0.4, 0.5) is 11.4 Å². The number of ketones is 1. The summed E-state index contributed by atoms with van der Waals surface area (Å²) in [6.07, 6.45) is 1.62. The molecule has 2 aromatic carbocycles. The molecule has 0 fully saturated rings. The minimum atomic E-state index is -0.825. The first-order valence-electron chi connectivity index (χ1n) is 7.61. The van der Waals surface area contributed by atoms with Gasteiger partial charge in [0.15, 0.2) is 5.78 Å². The summed E-state index contributed by atoms with van der Waals surface area (Å²) in [6.45, 7) is 1.43. The standard InChI is InChI=1S/C19H15N3O3/c1-12(23)14-6-2-8-15(11-14)21-18(24)19(25)22-16-9-3-5-13-7-4-10-20-17(13)16/h2-11H,1H3,(H,21,24)(H,22,25). The van der Waals surface area contributed by atoms with Gasteiger partial charge in [-0.15, -0.1) is 0 Å². The average Bonchev–Trinajstić information content (AvgIpc) is 2.62. The quantitative estimate of drug-likeness (QED) is 0.570. The zero-order valence-electron chi connectivity index (χ0n) is 13.4. The predicted molar refractivity (Wildman–Crippen MR) is 95.4 cm³/mol. The maximum absolute atomic E-state index is 12.2. The molecule has 3 rings (SSSR count). The molecule has 3 aromatic rings. The van der Waals surface area contributed by atoms with E-state index in [0.29, 0.717) is 22.5 Å². The van der Waals surface area contributed by atoms with Crippen molar-refractivity contribution < 1.29 is 14.4 Å². The van der Waals surface area contributed by atoms with Crippen molar-refractivity contribution in [1.82, 2.24) is 4.98 Å². The van der Waals surface area contributed by atoms with Crippen molar-refractivity contribution in [3.8, 4) is 0 Å². The number of carbonyl (C=O) groups excluding carboxylic acids is 3. The Labute approximate surface area is 143 Å². The van der Waals surface area contributed by atoms with Gasteiger partial charge >= 0.3 is 11.8 Å². The van der Waals surface area contributed by atoms with Crippen molar-refractivity contribution in [3.05, 3.63) is 66.4 Å². The molecule has 6 heteroatoms. The van der Waals surface area contributed by atoms with Crippen LogP contribution in [-0.4, -0.2) is 22.6 Å². The van der Waals surface area contributed by atoms with Gasteiger partial charge in [-0.05, 0) is 31.2 Å². The van der Waals surface area contributed by atoms with Crippen LogP contribution in [0.25, 0.3) is 10.9 Å². The highest BCUT2D eigenvalue weighted by Crippen LogP contribution is 2.20. The zero-order chi connectivity index (χ0) is 17.8. The van der Waals surface area contributed by atoms with E-state index in [0.717, 1.165) is 5.39 Å². The fraction of sp³-hybridized carbons (Fsp3) is 0.0526. The number of pyridine rings is 1. The number of rotatable bonds is 3. The highest BCUT2D eigenvalue weighted by molar-refractivity contribution is 6.44. The maximum Gasteiger partial charge on any atom is 0.314 e. The molecule has 0 aliphatic rings. The van der Waals surface area contributed by atoms with E-state index >= 15 is 0 Å². The summed E-state index contributed by atoms with van der Waals surface area (Å²) in [5.41, 5.74) is 1.89. The SMILES string of the molecule is CC(=O)c1cccc(NC(=O)C(=O)Nc2cccc3cccnc23)c1. The Morgan fingerprint density at radius 2 is 1.60 bits per heavy atom. The number of aromatic nitrogens is 1. The molecule has 2 amide bonds. The summed E-state index contributed by atoms with van der Waals surface area (Å²) < 4.78 is 0. The van der Waals surface area contributed by atoms with Crippen LogP contribution in [0.5, 0.6) is 0 Å². The topological polar surface area (TPSA) is 88.2 Å². The molecule has 0 unspecified atom stereocenters. The third-order valence-corrected chi connectivity index (χ3v) is 3.61. The zero-order valence-corrected chi connectivity index (χ0v) is 13.4. The number of nitrogens with zero attached hydrogens (tertiary/aromatic N) is 1. The van der Waals surface area contributed by atoms with E-state index in [1.54, 1.807) is 42.6 Å². The Hall–Kier alpha value is -3.54. The third kappa shape index (κ3) is 3.69. The molecule has 0 saturated heterocycles. The number of Topliss-reactive ketones (excluding diaryl/α,β-unsaturated/α-hetero) is 1. The highest BCUT2D eigenvalue weighted by Gasteiger charge is 2.16. The molecule has 25 heavy (non-hydrogen) atoms. The van der Waals surface area contributed by atoms with Crippen LogP contribution in [-0.2, 0) is 9.59 Å². The van der Waals surface area contributed by atoms with Gasteiger partial charge in [0.1, 0.15) is 0 Å². The van der Waals surface area contributed by atoms with Gasteiger partial charge < -0.3 is 10.6 Å². The first kappa shape index (κ1) is 16.3. The van der Waals surface area contributed by atoms with E-state index in [-0.39, 0.29) is 5.78 Å². The number of hydrogen-bond donors (Lipinski definition) is 2. The van der Waals surface area contributed by atoms with Gasteiger partial charge in [-0.3, -0.25) is 19.4 Å². The van der Waals surface area contributed by atoms with E-state index in [2.05, 4.69) is 15.6 Å². The van der Waals surface area contributed by atoms with E-state index in [4.69, 9.17) is 0 Å². The summed E-state index contributed by atoms with van der Waals surface area (Å²) >= 11 is 0. The maximum atomic E-state index is 12.2. The Bertz CT molecular complexity index is 977. The smallest absolute Gasteiger partial charge is 0.314 e. The lowest BCUT2D eigenvalue weighted by Gasteiger charge is -2.09. The molecule has 0 saturated carbocycles. The molecule has 6 nitrogen and oxygen atoms in total. The minimum Gasteiger partial charge on any atom is -0.318 e. The molecule has 0 atom stereocenters. The lowest BCUT2D eigenvalue weighted by molar-refractivity contribution is -0.132. The van der Waals surface area contributed by atoms with Crippen LogP contribution < -0.4 is 10.6 Å². The Balaban J connectivity index is 1.76. The van der Waals surface area contributed by atoms with Gasteiger partial charge in [0.2, 0.25) is 0 Å². The molecular formula is C19H15N3O3. The second-order valence-corrected chi connectivity index (χ2v) is 5.43. The molecule has 1 heterocycles. The van der Waals surface area contributed by atoms with E-state index in [1.165, 1.54) is 13.0 Å². The van der Waals surface area contributed by atoms with E-state index in [1.807, 2.05) is 12.1 Å². The molecular weight excluding hydrogens is 318 g/mol. The van der Waals surface area contributed by atoms with Crippen LogP contribution >= 0.6 is 0 Å². The third-order valence-electron chi connectivity index (χ3n) is 3.61. The number of hydrogen-bond acceptors (Lipinski definition) is 4. The van der Waals surface area contributed by atoms with Crippen LogP contribution in [0, 0.1) is 0 Å². The fourth-order valence-corrected chi connectivity index (χ4v) is 2.39. The summed E-state index contributed by atoms with van der Waals surface area (Å²) in [5.74, 6) is -1.76. The Morgan fingerprint density at radius 3 is 2.40 bits per heavy atom. The molecule has 0 aliphatic carbocycles. The van der Waals surface area contributed by atoms with Crippen molar-refractivity contribution >= 4 is 39.9 Å². The minimum absolute atomic E-state index is 0.123. The second-order valence-electron chi connectivity index (χ2n) is 5.43. The number of para-hydroxylation sites is 1. The first-order chi connectivity index (χ1) is 12.0.